The molecule has 2 saturated heterocycles. The van der Waals surface area contributed by atoms with E-state index < -0.39 is 0 Å². The first kappa shape index (κ1) is 11.3. The molecule has 2 rings (SSSR count). The smallest absolute Gasteiger partial charge is 0.110 e. The molecule has 0 unspecified atom stereocenters. The second-order valence-electron chi connectivity index (χ2n) is 5.36. The molecule has 4 heteroatoms. The van der Waals surface area contributed by atoms with Crippen LogP contribution in [0.2, 0.25) is 0 Å². The summed E-state index contributed by atoms with van der Waals surface area (Å²) in [5, 5.41) is 9.84. The van der Waals surface area contributed by atoms with Gasteiger partial charge in [0.05, 0.1) is 7.05 Å². The van der Waals surface area contributed by atoms with E-state index in [1.165, 1.54) is 26.2 Å². The molecule has 1 N–H and O–H groups in total. The Morgan fingerprint density at radius 1 is 1.07 bits per heavy atom. The van der Waals surface area contributed by atoms with Crippen molar-refractivity contribution in [2.45, 2.75) is 18.9 Å². The molecule has 0 saturated carbocycles. The maximum absolute atomic E-state index is 9.84. The van der Waals surface area contributed by atoms with Gasteiger partial charge in [0.2, 0.25) is 0 Å². The molecule has 4 nitrogen and oxygen atoms in total. The molecule has 0 aromatic carbocycles. The summed E-state index contributed by atoms with van der Waals surface area (Å²) in [6, 6.07) is 0.719. The van der Waals surface area contributed by atoms with Gasteiger partial charge in [-0.1, -0.05) is 0 Å². The molecular formula is C11H24N3O+. The van der Waals surface area contributed by atoms with Crippen molar-refractivity contribution in [3.8, 4) is 0 Å². The van der Waals surface area contributed by atoms with Crippen LogP contribution in [0.5, 0.6) is 0 Å². The van der Waals surface area contributed by atoms with Gasteiger partial charge in [-0.3, -0.25) is 4.90 Å². The van der Waals surface area contributed by atoms with Gasteiger partial charge in [0.1, 0.15) is 13.1 Å². The van der Waals surface area contributed by atoms with Gasteiger partial charge in [-0.05, 0) is 7.05 Å². The topological polar surface area (TPSA) is 26.7 Å². The molecule has 15 heavy (non-hydrogen) atoms. The highest BCUT2D eigenvalue weighted by Gasteiger charge is 2.32. The summed E-state index contributed by atoms with van der Waals surface area (Å²) in [6.07, 6.45) is 2.30. The van der Waals surface area contributed by atoms with E-state index in [0.29, 0.717) is 0 Å². The molecule has 0 spiro atoms. The second kappa shape index (κ2) is 4.37. The monoisotopic (exact) mass is 214 g/mol. The van der Waals surface area contributed by atoms with E-state index >= 15 is 0 Å². The van der Waals surface area contributed by atoms with Crippen LogP contribution in [0.3, 0.4) is 0 Å². The molecule has 0 radical (unpaired) electrons. The van der Waals surface area contributed by atoms with E-state index in [4.69, 9.17) is 0 Å². The standard InChI is InChI=1S/C11H24N3O/c1-12-5-7-13(8-6-12)11-3-9-14(2,15)10-4-11/h11,15H,3-10H2,1-2H3/q+1. The van der Waals surface area contributed by atoms with Gasteiger partial charge >= 0.3 is 0 Å². The van der Waals surface area contributed by atoms with E-state index in [9.17, 15) is 5.21 Å². The molecule has 0 aromatic heterocycles. The Hall–Kier alpha value is -0.160. The van der Waals surface area contributed by atoms with Crippen LogP contribution < -0.4 is 0 Å². The highest BCUT2D eigenvalue weighted by Crippen LogP contribution is 2.20. The SMILES string of the molecule is CN1CCN(C2CC[N+](C)(O)CC2)CC1. The summed E-state index contributed by atoms with van der Waals surface area (Å²) >= 11 is 0. The molecule has 2 aliphatic heterocycles. The molecular weight excluding hydrogens is 190 g/mol. The number of piperidine rings is 1. The van der Waals surface area contributed by atoms with Crippen molar-refractivity contribution in [2.24, 2.45) is 0 Å². The van der Waals surface area contributed by atoms with Crippen LogP contribution in [0.4, 0.5) is 0 Å². The normalized spacial score (nSPS) is 40.6. The van der Waals surface area contributed by atoms with Crippen LogP contribution in [0.1, 0.15) is 12.8 Å². The van der Waals surface area contributed by atoms with Crippen LogP contribution in [0.15, 0.2) is 0 Å². The molecule has 2 fully saturated rings. The molecule has 88 valence electrons. The molecule has 0 bridgehead atoms. The number of hydroxylamine groups is 3. The summed E-state index contributed by atoms with van der Waals surface area (Å²) in [4.78, 5) is 5.00. The number of nitrogens with zero attached hydrogens (tertiary/aromatic N) is 3. The van der Waals surface area contributed by atoms with Crippen molar-refractivity contribution in [3.05, 3.63) is 0 Å². The summed E-state index contributed by atoms with van der Waals surface area (Å²) in [7, 11) is 4.11. The van der Waals surface area contributed by atoms with Gasteiger partial charge < -0.3 is 4.90 Å². The maximum atomic E-state index is 9.84. The summed E-state index contributed by atoms with van der Waals surface area (Å²) in [5.74, 6) is 0. The Labute approximate surface area is 92.6 Å². The van der Waals surface area contributed by atoms with E-state index in [1.807, 2.05) is 7.05 Å². The van der Waals surface area contributed by atoms with Crippen molar-refractivity contribution in [2.75, 3.05) is 53.4 Å². The number of hydrogen-bond acceptors (Lipinski definition) is 3. The summed E-state index contributed by atoms with van der Waals surface area (Å²) < 4.78 is 0.226. The minimum Gasteiger partial charge on any atom is -0.304 e. The van der Waals surface area contributed by atoms with Crippen molar-refractivity contribution in [3.63, 3.8) is 0 Å². The third-order valence-corrected chi connectivity index (χ3v) is 3.94. The number of likely N-dealkylation sites (N-methyl/N-ethyl adjacent to an activating group) is 1. The zero-order valence-electron chi connectivity index (χ0n) is 10.0. The van der Waals surface area contributed by atoms with Crippen LogP contribution >= 0.6 is 0 Å². The molecule has 0 atom stereocenters. The Kier molecular flexibility index (Phi) is 3.30. The first-order valence-electron chi connectivity index (χ1n) is 6.07. The van der Waals surface area contributed by atoms with Crippen molar-refractivity contribution in [1.29, 1.82) is 0 Å². The van der Waals surface area contributed by atoms with Gasteiger partial charge in [0, 0.05) is 45.1 Å². The number of hydrogen-bond donors (Lipinski definition) is 1. The largest absolute Gasteiger partial charge is 0.304 e. The van der Waals surface area contributed by atoms with Gasteiger partial charge in [0.25, 0.3) is 0 Å². The third-order valence-electron chi connectivity index (χ3n) is 3.94. The van der Waals surface area contributed by atoms with E-state index in [-0.39, 0.29) is 4.65 Å². The highest BCUT2D eigenvalue weighted by molar-refractivity contribution is 4.78. The lowest BCUT2D eigenvalue weighted by molar-refractivity contribution is -1.09. The first-order chi connectivity index (χ1) is 7.07. The van der Waals surface area contributed by atoms with Crippen LogP contribution in [-0.4, -0.2) is 79.1 Å². The Morgan fingerprint density at radius 2 is 1.60 bits per heavy atom. The minimum absolute atomic E-state index is 0.226. The lowest BCUT2D eigenvalue weighted by Gasteiger charge is -2.42. The fourth-order valence-corrected chi connectivity index (χ4v) is 2.66. The number of likely N-dealkylation sites (tertiary alicyclic amines) is 1. The fraction of sp³-hybridized carbons (Fsp3) is 1.00. The van der Waals surface area contributed by atoms with Gasteiger partial charge in [-0.2, -0.15) is 4.65 Å². The lowest BCUT2D eigenvalue weighted by Crippen LogP contribution is -2.55. The Balaban J connectivity index is 1.80. The van der Waals surface area contributed by atoms with Crippen LogP contribution in [0.25, 0.3) is 0 Å². The minimum atomic E-state index is 0.226. The summed E-state index contributed by atoms with van der Waals surface area (Å²) in [5.41, 5.74) is 0. The van der Waals surface area contributed by atoms with Crippen LogP contribution in [-0.2, 0) is 0 Å². The van der Waals surface area contributed by atoms with Crippen molar-refractivity contribution < 1.29 is 9.85 Å². The molecule has 0 aliphatic carbocycles. The second-order valence-corrected chi connectivity index (χ2v) is 5.36. The number of quaternary nitrogens is 1. The van der Waals surface area contributed by atoms with E-state index in [0.717, 1.165) is 32.0 Å². The first-order valence-corrected chi connectivity index (χ1v) is 6.07. The average molecular weight is 214 g/mol. The lowest BCUT2D eigenvalue weighted by atomic mass is 10.0. The number of rotatable bonds is 1. The zero-order valence-corrected chi connectivity index (χ0v) is 10.0. The Morgan fingerprint density at radius 3 is 2.13 bits per heavy atom. The fourth-order valence-electron chi connectivity index (χ4n) is 2.66. The Bertz CT molecular complexity index is 202. The molecule has 0 amide bonds. The van der Waals surface area contributed by atoms with E-state index in [2.05, 4.69) is 16.8 Å². The molecule has 2 heterocycles. The highest BCUT2D eigenvalue weighted by atomic mass is 16.5. The zero-order chi connectivity index (χ0) is 10.9. The average Bonchev–Trinajstić information content (AvgIpc) is 2.20. The molecule has 0 aromatic rings. The third kappa shape index (κ3) is 2.91. The van der Waals surface area contributed by atoms with Crippen LogP contribution in [0, 0.1) is 0 Å². The maximum Gasteiger partial charge on any atom is 0.110 e. The number of piperazine rings is 1. The van der Waals surface area contributed by atoms with Gasteiger partial charge in [-0.25, -0.2) is 5.21 Å². The quantitative estimate of drug-likeness (QED) is 0.633. The predicted molar refractivity (Wildman–Crippen MR) is 59.8 cm³/mol. The van der Waals surface area contributed by atoms with Gasteiger partial charge in [-0.15, -0.1) is 0 Å². The van der Waals surface area contributed by atoms with E-state index in [1.54, 1.807) is 0 Å². The predicted octanol–water partition coefficient (Wildman–Crippen LogP) is 0.232. The molecule has 2 aliphatic rings. The van der Waals surface area contributed by atoms with Crippen molar-refractivity contribution in [1.82, 2.24) is 9.80 Å². The van der Waals surface area contributed by atoms with Crippen molar-refractivity contribution >= 4 is 0 Å². The van der Waals surface area contributed by atoms with Gasteiger partial charge in [0.15, 0.2) is 0 Å². The summed E-state index contributed by atoms with van der Waals surface area (Å²) in [6.45, 7) is 6.63.